The van der Waals surface area contributed by atoms with Crippen LogP contribution in [0, 0.1) is 6.92 Å². The Labute approximate surface area is 96.2 Å². The number of nitrogen functional groups attached to an aromatic ring is 1. The van der Waals surface area contributed by atoms with E-state index in [1.54, 1.807) is 0 Å². The molecular weight excluding hydrogens is 202 g/mol. The molecular formula is C12H19N3O. The summed E-state index contributed by atoms with van der Waals surface area (Å²) in [6, 6.07) is 5.59. The molecule has 4 nitrogen and oxygen atoms in total. The van der Waals surface area contributed by atoms with Crippen LogP contribution >= 0.6 is 0 Å². The number of hydrogen-bond donors (Lipinski definition) is 3. The molecule has 88 valence electrons. The summed E-state index contributed by atoms with van der Waals surface area (Å²) in [5, 5.41) is 5.89. The number of nitrogens with two attached hydrogens (primary N) is 1. The van der Waals surface area contributed by atoms with Crippen LogP contribution in [0.2, 0.25) is 0 Å². The minimum atomic E-state index is 0.0121. The first-order chi connectivity index (χ1) is 7.63. The topological polar surface area (TPSA) is 67.2 Å². The third-order valence-electron chi connectivity index (χ3n) is 2.26. The van der Waals surface area contributed by atoms with E-state index in [2.05, 4.69) is 10.6 Å². The number of hydrogen-bond acceptors (Lipinski definition) is 3. The molecule has 0 aliphatic heterocycles. The minimum Gasteiger partial charge on any atom is -0.399 e. The van der Waals surface area contributed by atoms with E-state index < -0.39 is 0 Å². The van der Waals surface area contributed by atoms with Crippen LogP contribution in [0.15, 0.2) is 18.2 Å². The zero-order valence-corrected chi connectivity index (χ0v) is 9.84. The number of carbonyl (C=O) groups is 1. The van der Waals surface area contributed by atoms with E-state index in [1.165, 1.54) is 0 Å². The highest BCUT2D eigenvalue weighted by atomic mass is 16.1. The number of anilines is 2. The van der Waals surface area contributed by atoms with E-state index in [4.69, 9.17) is 5.73 Å². The summed E-state index contributed by atoms with van der Waals surface area (Å²) in [6.07, 6.45) is 0.951. The third-order valence-corrected chi connectivity index (χ3v) is 2.26. The Kier molecular flexibility index (Phi) is 4.64. The number of amides is 1. The molecule has 0 aliphatic rings. The molecule has 0 atom stereocenters. The van der Waals surface area contributed by atoms with Gasteiger partial charge in [-0.25, -0.2) is 0 Å². The van der Waals surface area contributed by atoms with E-state index in [0.717, 1.165) is 29.9 Å². The lowest BCUT2D eigenvalue weighted by molar-refractivity contribution is -0.119. The summed E-state index contributed by atoms with van der Waals surface area (Å²) in [5.74, 6) is 0.0121. The van der Waals surface area contributed by atoms with Gasteiger partial charge in [0, 0.05) is 17.9 Å². The number of nitrogens with one attached hydrogen (secondary N) is 2. The van der Waals surface area contributed by atoms with Crippen LogP contribution in [0.5, 0.6) is 0 Å². The van der Waals surface area contributed by atoms with Crippen molar-refractivity contribution in [1.29, 1.82) is 0 Å². The summed E-state index contributed by atoms with van der Waals surface area (Å²) < 4.78 is 0. The lowest BCUT2D eigenvalue weighted by Gasteiger charge is -2.10. The Morgan fingerprint density at radius 1 is 1.44 bits per heavy atom. The summed E-state index contributed by atoms with van der Waals surface area (Å²) in [5.41, 5.74) is 8.37. The molecule has 1 aromatic rings. The van der Waals surface area contributed by atoms with Crippen LogP contribution in [-0.4, -0.2) is 19.0 Å². The van der Waals surface area contributed by atoms with Gasteiger partial charge in [0.2, 0.25) is 5.91 Å². The largest absolute Gasteiger partial charge is 0.399 e. The van der Waals surface area contributed by atoms with Gasteiger partial charge in [-0.15, -0.1) is 0 Å². The molecule has 1 amide bonds. The Morgan fingerprint density at radius 2 is 2.19 bits per heavy atom. The fraction of sp³-hybridized carbons (Fsp3) is 0.417. The van der Waals surface area contributed by atoms with Crippen molar-refractivity contribution >= 4 is 17.3 Å². The Hall–Kier alpha value is -1.71. The summed E-state index contributed by atoms with van der Waals surface area (Å²) in [7, 11) is 0. The highest BCUT2D eigenvalue weighted by Gasteiger charge is 2.02. The molecule has 4 N–H and O–H groups in total. The van der Waals surface area contributed by atoms with Gasteiger partial charge in [0.05, 0.1) is 6.54 Å². The van der Waals surface area contributed by atoms with Crippen molar-refractivity contribution in [2.24, 2.45) is 0 Å². The maximum absolute atomic E-state index is 11.4. The first-order valence-electron chi connectivity index (χ1n) is 5.50. The molecule has 0 saturated heterocycles. The molecule has 0 fully saturated rings. The Morgan fingerprint density at radius 3 is 2.81 bits per heavy atom. The van der Waals surface area contributed by atoms with Crippen LogP contribution in [0.25, 0.3) is 0 Å². The number of carbonyl (C=O) groups excluding carboxylic acids is 1. The smallest absolute Gasteiger partial charge is 0.239 e. The lowest BCUT2D eigenvalue weighted by atomic mass is 10.2. The fourth-order valence-corrected chi connectivity index (χ4v) is 1.39. The molecule has 4 heteroatoms. The van der Waals surface area contributed by atoms with Crippen molar-refractivity contribution < 1.29 is 4.79 Å². The predicted molar refractivity (Wildman–Crippen MR) is 67.4 cm³/mol. The number of benzene rings is 1. The highest BCUT2D eigenvalue weighted by molar-refractivity contribution is 5.81. The van der Waals surface area contributed by atoms with Gasteiger partial charge in [0.25, 0.3) is 0 Å². The Balaban J connectivity index is 2.45. The van der Waals surface area contributed by atoms with Crippen molar-refractivity contribution in [3.05, 3.63) is 23.8 Å². The van der Waals surface area contributed by atoms with Crippen molar-refractivity contribution in [3.63, 3.8) is 0 Å². The van der Waals surface area contributed by atoms with E-state index in [1.807, 2.05) is 32.0 Å². The monoisotopic (exact) mass is 221 g/mol. The maximum Gasteiger partial charge on any atom is 0.239 e. The van der Waals surface area contributed by atoms with Gasteiger partial charge < -0.3 is 16.4 Å². The zero-order chi connectivity index (χ0) is 12.0. The van der Waals surface area contributed by atoms with E-state index in [9.17, 15) is 4.79 Å². The van der Waals surface area contributed by atoms with E-state index in [0.29, 0.717) is 6.54 Å². The van der Waals surface area contributed by atoms with Crippen LogP contribution in [0.1, 0.15) is 18.9 Å². The molecule has 0 aliphatic carbocycles. The second-order valence-corrected chi connectivity index (χ2v) is 3.78. The van der Waals surface area contributed by atoms with Crippen LogP contribution in [-0.2, 0) is 4.79 Å². The minimum absolute atomic E-state index is 0.0121. The Bertz CT molecular complexity index is 363. The van der Waals surface area contributed by atoms with Gasteiger partial charge in [-0.05, 0) is 37.1 Å². The maximum atomic E-state index is 11.4. The van der Waals surface area contributed by atoms with Crippen LogP contribution in [0.4, 0.5) is 11.4 Å². The van der Waals surface area contributed by atoms with Gasteiger partial charge in [-0.1, -0.05) is 6.92 Å². The van der Waals surface area contributed by atoms with Gasteiger partial charge in [0.15, 0.2) is 0 Å². The quantitative estimate of drug-likeness (QED) is 0.660. The second kappa shape index (κ2) is 6.00. The van der Waals surface area contributed by atoms with Gasteiger partial charge in [-0.3, -0.25) is 4.79 Å². The summed E-state index contributed by atoms with van der Waals surface area (Å²) in [6.45, 7) is 5.01. The molecule has 0 spiro atoms. The number of rotatable bonds is 5. The molecule has 1 rings (SSSR count). The molecule has 0 saturated carbocycles. The van der Waals surface area contributed by atoms with E-state index >= 15 is 0 Å². The average molecular weight is 221 g/mol. The van der Waals surface area contributed by atoms with Gasteiger partial charge in [0.1, 0.15) is 0 Å². The van der Waals surface area contributed by atoms with Crippen molar-refractivity contribution in [1.82, 2.24) is 5.32 Å². The number of aryl methyl sites for hydroxylation is 1. The standard InChI is InChI=1S/C12H19N3O/c1-3-6-14-12(16)8-15-11-5-4-10(13)7-9(11)2/h4-5,7,15H,3,6,8,13H2,1-2H3,(H,14,16). The van der Waals surface area contributed by atoms with Crippen molar-refractivity contribution in [2.75, 3.05) is 24.1 Å². The molecule has 0 radical (unpaired) electrons. The summed E-state index contributed by atoms with van der Waals surface area (Å²) >= 11 is 0. The first kappa shape index (κ1) is 12.4. The second-order valence-electron chi connectivity index (χ2n) is 3.78. The zero-order valence-electron chi connectivity index (χ0n) is 9.84. The van der Waals surface area contributed by atoms with Crippen LogP contribution < -0.4 is 16.4 Å². The molecule has 0 heterocycles. The van der Waals surface area contributed by atoms with Crippen molar-refractivity contribution in [2.45, 2.75) is 20.3 Å². The predicted octanol–water partition coefficient (Wildman–Crippen LogP) is 1.52. The molecule has 0 bridgehead atoms. The van der Waals surface area contributed by atoms with Crippen molar-refractivity contribution in [3.8, 4) is 0 Å². The molecule has 16 heavy (non-hydrogen) atoms. The normalized spacial score (nSPS) is 9.88. The van der Waals surface area contributed by atoms with Crippen LogP contribution in [0.3, 0.4) is 0 Å². The first-order valence-corrected chi connectivity index (χ1v) is 5.50. The third kappa shape index (κ3) is 3.81. The van der Waals surface area contributed by atoms with Gasteiger partial charge >= 0.3 is 0 Å². The van der Waals surface area contributed by atoms with Gasteiger partial charge in [-0.2, -0.15) is 0 Å². The van der Waals surface area contributed by atoms with E-state index in [-0.39, 0.29) is 5.91 Å². The summed E-state index contributed by atoms with van der Waals surface area (Å²) in [4.78, 5) is 11.4. The average Bonchev–Trinajstić information content (AvgIpc) is 2.25. The lowest BCUT2D eigenvalue weighted by Crippen LogP contribution is -2.30. The molecule has 0 unspecified atom stereocenters. The SMILES string of the molecule is CCCNC(=O)CNc1ccc(N)cc1C. The fourth-order valence-electron chi connectivity index (χ4n) is 1.39. The molecule has 1 aromatic carbocycles. The highest BCUT2D eigenvalue weighted by Crippen LogP contribution is 2.16. The molecule has 0 aromatic heterocycles.